The minimum atomic E-state index is -0.803. The van der Waals surface area contributed by atoms with Crippen molar-refractivity contribution in [2.24, 2.45) is 0 Å². The van der Waals surface area contributed by atoms with Crippen LogP contribution in [-0.4, -0.2) is 17.9 Å². The average molecular weight is 140 g/mol. The number of hydrogen-bond donors (Lipinski definition) is 0. The number of rotatable bonds is 2. The molecular formula is C7H8O3. The Balaban J connectivity index is 3.82. The number of hydrogen-bond acceptors (Lipinski definition) is 3. The maximum Gasteiger partial charge on any atom is 0.384 e. The van der Waals surface area contributed by atoms with E-state index < -0.39 is 12.1 Å². The summed E-state index contributed by atoms with van der Waals surface area (Å²) in [6.07, 6.45) is 3.95. The number of terminal acetylenes is 1. The van der Waals surface area contributed by atoms with Crippen LogP contribution in [0, 0.1) is 12.3 Å². The molecule has 0 aromatic carbocycles. The van der Waals surface area contributed by atoms with Crippen LogP contribution in [0.25, 0.3) is 0 Å². The zero-order valence-corrected chi connectivity index (χ0v) is 5.88. The summed E-state index contributed by atoms with van der Waals surface area (Å²) < 4.78 is 4.44. The summed E-state index contributed by atoms with van der Waals surface area (Å²) in [7, 11) is 0. The van der Waals surface area contributed by atoms with Gasteiger partial charge >= 0.3 is 5.97 Å². The fraction of sp³-hybridized carbons (Fsp3) is 0.429. The molecule has 0 fully saturated rings. The number of carbonyl (C=O) groups is 2. The molecule has 54 valence electrons. The van der Waals surface area contributed by atoms with Gasteiger partial charge in [0.25, 0.3) is 0 Å². The van der Waals surface area contributed by atoms with Crippen LogP contribution >= 0.6 is 0 Å². The molecule has 0 aliphatic heterocycles. The SMILES string of the molecule is C#CC(=O)OC(C)C(C)=O. The van der Waals surface area contributed by atoms with E-state index in [0.717, 1.165) is 0 Å². The van der Waals surface area contributed by atoms with E-state index in [9.17, 15) is 9.59 Å². The number of Topliss-reactive ketones (excluding diaryl/α,β-unsaturated/α-hetero) is 1. The van der Waals surface area contributed by atoms with Crippen LogP contribution in [0.1, 0.15) is 13.8 Å². The molecule has 3 nitrogen and oxygen atoms in total. The maximum absolute atomic E-state index is 10.4. The number of esters is 1. The number of ketones is 1. The Kier molecular flexibility index (Phi) is 3.20. The summed E-state index contributed by atoms with van der Waals surface area (Å²) in [4.78, 5) is 20.8. The van der Waals surface area contributed by atoms with Crippen LogP contribution in [0.15, 0.2) is 0 Å². The lowest BCUT2D eigenvalue weighted by atomic mass is 10.3. The van der Waals surface area contributed by atoms with Gasteiger partial charge in [-0.1, -0.05) is 0 Å². The number of ether oxygens (including phenoxy) is 1. The standard InChI is InChI=1S/C7H8O3/c1-4-7(9)10-6(3)5(2)8/h1,6H,2-3H3. The summed E-state index contributed by atoms with van der Waals surface area (Å²) in [6, 6.07) is 0. The zero-order chi connectivity index (χ0) is 8.15. The molecule has 0 amide bonds. The van der Waals surface area contributed by atoms with E-state index in [-0.39, 0.29) is 5.78 Å². The highest BCUT2D eigenvalue weighted by molar-refractivity contribution is 5.90. The molecule has 0 saturated carbocycles. The molecule has 0 spiro atoms. The van der Waals surface area contributed by atoms with Crippen LogP contribution in [-0.2, 0) is 14.3 Å². The van der Waals surface area contributed by atoms with Crippen molar-refractivity contribution >= 4 is 11.8 Å². The molecule has 0 N–H and O–H groups in total. The van der Waals surface area contributed by atoms with Gasteiger partial charge in [0.1, 0.15) is 0 Å². The molecule has 0 rings (SSSR count). The third-order valence-electron chi connectivity index (χ3n) is 0.974. The lowest BCUT2D eigenvalue weighted by Crippen LogP contribution is -2.20. The minimum absolute atomic E-state index is 0.219. The molecule has 3 heteroatoms. The molecule has 10 heavy (non-hydrogen) atoms. The summed E-state index contributed by atoms with van der Waals surface area (Å²) in [5, 5.41) is 0. The smallest absolute Gasteiger partial charge is 0.384 e. The maximum atomic E-state index is 10.4. The van der Waals surface area contributed by atoms with Gasteiger partial charge in [-0.15, -0.1) is 6.42 Å². The van der Waals surface area contributed by atoms with Gasteiger partial charge < -0.3 is 4.74 Å². The van der Waals surface area contributed by atoms with Crippen LogP contribution < -0.4 is 0 Å². The second-order valence-electron chi connectivity index (χ2n) is 1.80. The van der Waals surface area contributed by atoms with E-state index in [4.69, 9.17) is 0 Å². The Bertz CT molecular complexity index is 188. The highest BCUT2D eigenvalue weighted by atomic mass is 16.5. The first-order valence-corrected chi connectivity index (χ1v) is 2.75. The van der Waals surface area contributed by atoms with Crippen molar-refractivity contribution in [1.82, 2.24) is 0 Å². The zero-order valence-electron chi connectivity index (χ0n) is 5.88. The Morgan fingerprint density at radius 1 is 1.60 bits per heavy atom. The van der Waals surface area contributed by atoms with E-state index in [1.54, 1.807) is 5.92 Å². The Morgan fingerprint density at radius 3 is 2.40 bits per heavy atom. The monoisotopic (exact) mass is 140 g/mol. The van der Waals surface area contributed by atoms with Crippen LogP contribution in [0.3, 0.4) is 0 Å². The largest absolute Gasteiger partial charge is 0.445 e. The molecular weight excluding hydrogens is 132 g/mol. The Labute approximate surface area is 59.4 Å². The third kappa shape index (κ3) is 2.88. The second-order valence-corrected chi connectivity index (χ2v) is 1.80. The second kappa shape index (κ2) is 3.67. The minimum Gasteiger partial charge on any atom is -0.445 e. The van der Waals surface area contributed by atoms with Crippen molar-refractivity contribution in [3.63, 3.8) is 0 Å². The van der Waals surface area contributed by atoms with E-state index >= 15 is 0 Å². The van der Waals surface area contributed by atoms with Gasteiger partial charge in [-0.25, -0.2) is 4.79 Å². The van der Waals surface area contributed by atoms with Gasteiger partial charge in [-0.3, -0.25) is 4.79 Å². The van der Waals surface area contributed by atoms with Crippen molar-refractivity contribution in [3.05, 3.63) is 0 Å². The van der Waals surface area contributed by atoms with Crippen LogP contribution in [0.4, 0.5) is 0 Å². The molecule has 0 aromatic heterocycles. The van der Waals surface area contributed by atoms with Gasteiger partial charge in [-0.2, -0.15) is 0 Å². The van der Waals surface area contributed by atoms with Crippen molar-refractivity contribution in [1.29, 1.82) is 0 Å². The molecule has 0 saturated heterocycles. The fourth-order valence-corrected chi connectivity index (χ4v) is 0.278. The highest BCUT2D eigenvalue weighted by Gasteiger charge is 2.10. The molecule has 1 atom stereocenters. The van der Waals surface area contributed by atoms with Gasteiger partial charge in [0, 0.05) is 5.92 Å². The fourth-order valence-electron chi connectivity index (χ4n) is 0.278. The van der Waals surface area contributed by atoms with Crippen LogP contribution in [0.5, 0.6) is 0 Å². The first kappa shape index (κ1) is 8.70. The molecule has 0 aliphatic carbocycles. The highest BCUT2D eigenvalue weighted by Crippen LogP contribution is 1.91. The van der Waals surface area contributed by atoms with Crippen molar-refractivity contribution in [2.75, 3.05) is 0 Å². The predicted octanol–water partition coefficient (Wildman–Crippen LogP) is 0.140. The Morgan fingerprint density at radius 2 is 2.10 bits per heavy atom. The topological polar surface area (TPSA) is 43.4 Å². The van der Waals surface area contributed by atoms with E-state index in [1.165, 1.54) is 13.8 Å². The van der Waals surface area contributed by atoms with Crippen molar-refractivity contribution in [2.45, 2.75) is 20.0 Å². The van der Waals surface area contributed by atoms with E-state index in [2.05, 4.69) is 11.2 Å². The first-order valence-electron chi connectivity index (χ1n) is 2.75. The summed E-state index contributed by atoms with van der Waals surface area (Å²) >= 11 is 0. The average Bonchev–Trinajstić information content (AvgIpc) is 1.87. The summed E-state index contributed by atoms with van der Waals surface area (Å²) in [5.74, 6) is 0.715. The lowest BCUT2D eigenvalue weighted by molar-refractivity contribution is -0.147. The Hall–Kier alpha value is -1.30. The molecule has 0 bridgehead atoms. The molecule has 1 unspecified atom stereocenters. The van der Waals surface area contributed by atoms with E-state index in [1.807, 2.05) is 0 Å². The molecule has 0 aliphatic rings. The molecule has 0 aromatic rings. The lowest BCUT2D eigenvalue weighted by Gasteiger charge is -2.04. The predicted molar refractivity (Wildman–Crippen MR) is 35.1 cm³/mol. The quantitative estimate of drug-likeness (QED) is 0.311. The van der Waals surface area contributed by atoms with Gasteiger partial charge in [-0.05, 0) is 13.8 Å². The normalized spacial score (nSPS) is 11.3. The molecule has 0 heterocycles. The van der Waals surface area contributed by atoms with Crippen LogP contribution in [0.2, 0.25) is 0 Å². The summed E-state index contributed by atoms with van der Waals surface area (Å²) in [5.41, 5.74) is 0. The first-order chi connectivity index (χ1) is 4.57. The van der Waals surface area contributed by atoms with Gasteiger partial charge in [0.05, 0.1) is 0 Å². The van der Waals surface area contributed by atoms with Crippen molar-refractivity contribution < 1.29 is 14.3 Å². The van der Waals surface area contributed by atoms with E-state index in [0.29, 0.717) is 0 Å². The number of carbonyl (C=O) groups excluding carboxylic acids is 2. The molecule has 0 radical (unpaired) electrons. The van der Waals surface area contributed by atoms with Crippen molar-refractivity contribution in [3.8, 4) is 12.3 Å². The third-order valence-corrected chi connectivity index (χ3v) is 0.974. The van der Waals surface area contributed by atoms with Gasteiger partial charge in [0.2, 0.25) is 0 Å². The summed E-state index contributed by atoms with van der Waals surface area (Å²) in [6.45, 7) is 2.80. The van der Waals surface area contributed by atoms with Gasteiger partial charge in [0.15, 0.2) is 11.9 Å².